The van der Waals surface area contributed by atoms with Crippen LogP contribution in [-0.2, 0) is 6.54 Å². The lowest BCUT2D eigenvalue weighted by Gasteiger charge is -2.11. The van der Waals surface area contributed by atoms with Gasteiger partial charge in [-0.3, -0.25) is 4.98 Å². The minimum Gasteiger partial charge on any atom is -0.379 e. The van der Waals surface area contributed by atoms with Crippen molar-refractivity contribution in [3.05, 3.63) is 66.5 Å². The molecule has 0 saturated heterocycles. The van der Waals surface area contributed by atoms with Crippen LogP contribution in [0.1, 0.15) is 11.3 Å². The Bertz CT molecular complexity index is 674. The van der Waals surface area contributed by atoms with Gasteiger partial charge in [0.15, 0.2) is 0 Å². The zero-order valence-corrected chi connectivity index (χ0v) is 11.2. The fourth-order valence-corrected chi connectivity index (χ4v) is 1.96. The van der Waals surface area contributed by atoms with Gasteiger partial charge in [0, 0.05) is 18.4 Å². The van der Waals surface area contributed by atoms with Crippen LogP contribution in [0.2, 0.25) is 0 Å². The van der Waals surface area contributed by atoms with E-state index in [1.54, 1.807) is 11.0 Å². The summed E-state index contributed by atoms with van der Waals surface area (Å²) in [6.45, 7) is 2.70. The Hall–Kier alpha value is -2.69. The van der Waals surface area contributed by atoms with Crippen molar-refractivity contribution in [2.24, 2.45) is 0 Å². The molecular formula is C15H15N5. The first-order valence-corrected chi connectivity index (χ1v) is 6.42. The molecule has 100 valence electrons. The predicted octanol–water partition coefficient (Wildman–Crippen LogP) is 2.58. The number of aromatic nitrogens is 4. The van der Waals surface area contributed by atoms with Gasteiger partial charge in [0.2, 0.25) is 0 Å². The molecule has 0 amide bonds. The first kappa shape index (κ1) is 12.3. The minimum absolute atomic E-state index is 0.721. The number of benzene rings is 1. The Kier molecular flexibility index (Phi) is 3.41. The number of hydrogen-bond donors (Lipinski definition) is 1. The summed E-state index contributed by atoms with van der Waals surface area (Å²) in [4.78, 5) is 8.28. The topological polar surface area (TPSA) is 55.6 Å². The summed E-state index contributed by atoms with van der Waals surface area (Å²) in [6, 6.07) is 12.1. The number of hydrogen-bond acceptors (Lipinski definition) is 4. The highest BCUT2D eigenvalue weighted by Crippen LogP contribution is 2.19. The monoisotopic (exact) mass is 265 g/mol. The Morgan fingerprint density at radius 3 is 2.80 bits per heavy atom. The van der Waals surface area contributed by atoms with Crippen LogP contribution in [0.25, 0.3) is 5.69 Å². The van der Waals surface area contributed by atoms with Crippen LogP contribution in [0.5, 0.6) is 0 Å². The van der Waals surface area contributed by atoms with Crippen molar-refractivity contribution in [3.8, 4) is 5.69 Å². The molecule has 0 atom stereocenters. The molecular weight excluding hydrogens is 250 g/mol. The molecule has 0 radical (unpaired) electrons. The maximum atomic E-state index is 4.30. The molecule has 3 rings (SSSR count). The second-order valence-corrected chi connectivity index (χ2v) is 4.52. The fraction of sp³-hybridized carbons (Fsp3) is 0.133. The maximum absolute atomic E-state index is 4.30. The van der Waals surface area contributed by atoms with Crippen molar-refractivity contribution < 1.29 is 0 Å². The zero-order chi connectivity index (χ0) is 13.8. The molecule has 0 aliphatic rings. The van der Waals surface area contributed by atoms with Crippen LogP contribution < -0.4 is 5.32 Å². The lowest BCUT2D eigenvalue weighted by molar-refractivity contribution is 0.877. The van der Waals surface area contributed by atoms with Crippen LogP contribution in [-0.4, -0.2) is 19.7 Å². The molecule has 0 bridgehead atoms. The van der Waals surface area contributed by atoms with Gasteiger partial charge < -0.3 is 5.32 Å². The van der Waals surface area contributed by atoms with Crippen molar-refractivity contribution in [2.75, 3.05) is 5.32 Å². The number of nitrogens with one attached hydrogen (secondary N) is 1. The number of pyridine rings is 1. The van der Waals surface area contributed by atoms with Crippen molar-refractivity contribution in [1.82, 2.24) is 19.7 Å². The van der Waals surface area contributed by atoms with Gasteiger partial charge in [0.05, 0.1) is 11.4 Å². The number of nitrogens with zero attached hydrogens (tertiary/aromatic N) is 4. The lowest BCUT2D eigenvalue weighted by Crippen LogP contribution is -2.05. The van der Waals surface area contributed by atoms with Gasteiger partial charge >= 0.3 is 0 Å². The molecule has 0 saturated carbocycles. The molecule has 1 aromatic carbocycles. The number of aryl methyl sites for hydroxylation is 1. The van der Waals surface area contributed by atoms with Crippen molar-refractivity contribution in [1.29, 1.82) is 0 Å². The summed E-state index contributed by atoms with van der Waals surface area (Å²) >= 11 is 0. The maximum Gasteiger partial charge on any atom is 0.138 e. The van der Waals surface area contributed by atoms with E-state index in [1.165, 1.54) is 6.33 Å². The van der Waals surface area contributed by atoms with Crippen LogP contribution in [0.3, 0.4) is 0 Å². The highest BCUT2D eigenvalue weighted by molar-refractivity contribution is 5.60. The molecule has 0 aliphatic heterocycles. The molecule has 2 aromatic heterocycles. The number of para-hydroxylation sites is 2. The van der Waals surface area contributed by atoms with Crippen LogP contribution in [0.4, 0.5) is 5.69 Å². The molecule has 0 fully saturated rings. The van der Waals surface area contributed by atoms with Gasteiger partial charge in [-0.1, -0.05) is 18.2 Å². The zero-order valence-electron chi connectivity index (χ0n) is 11.2. The molecule has 5 heteroatoms. The standard InChI is InChI=1S/C15H15N5/c1-12-6-7-13(8-17-12)9-18-14-4-2-3-5-15(14)20-11-16-10-19-20/h2-8,10-11,18H,9H2,1H3. The molecule has 1 N–H and O–H groups in total. The molecule has 0 unspecified atom stereocenters. The van der Waals surface area contributed by atoms with Crippen LogP contribution in [0.15, 0.2) is 55.2 Å². The Morgan fingerprint density at radius 1 is 1.15 bits per heavy atom. The van der Waals surface area contributed by atoms with Crippen LogP contribution >= 0.6 is 0 Å². The second-order valence-electron chi connectivity index (χ2n) is 4.52. The largest absolute Gasteiger partial charge is 0.379 e. The summed E-state index contributed by atoms with van der Waals surface area (Å²) in [5.74, 6) is 0. The van der Waals surface area contributed by atoms with Crippen molar-refractivity contribution >= 4 is 5.69 Å². The number of anilines is 1. The van der Waals surface area contributed by atoms with Gasteiger partial charge in [0.1, 0.15) is 12.7 Å². The first-order valence-electron chi connectivity index (χ1n) is 6.42. The molecule has 3 aromatic rings. The predicted molar refractivity (Wildman–Crippen MR) is 77.7 cm³/mol. The fourth-order valence-electron chi connectivity index (χ4n) is 1.96. The van der Waals surface area contributed by atoms with Gasteiger partial charge in [-0.05, 0) is 30.7 Å². The van der Waals surface area contributed by atoms with E-state index in [0.717, 1.165) is 29.2 Å². The quantitative estimate of drug-likeness (QED) is 0.787. The average molecular weight is 265 g/mol. The van der Waals surface area contributed by atoms with Gasteiger partial charge in [-0.15, -0.1) is 0 Å². The highest BCUT2D eigenvalue weighted by Gasteiger charge is 2.04. The third kappa shape index (κ3) is 2.66. The molecule has 0 aliphatic carbocycles. The van der Waals surface area contributed by atoms with Gasteiger partial charge in [-0.25, -0.2) is 9.67 Å². The first-order chi connectivity index (χ1) is 9.83. The summed E-state index contributed by atoms with van der Waals surface area (Å²) in [5.41, 5.74) is 4.16. The lowest BCUT2D eigenvalue weighted by atomic mass is 10.2. The Balaban J connectivity index is 1.79. The van der Waals surface area contributed by atoms with E-state index in [0.29, 0.717) is 0 Å². The molecule has 5 nitrogen and oxygen atoms in total. The second kappa shape index (κ2) is 5.52. The SMILES string of the molecule is Cc1ccc(CNc2ccccc2-n2cncn2)cn1. The normalized spacial score (nSPS) is 10.4. The minimum atomic E-state index is 0.721. The molecule has 2 heterocycles. The van der Waals surface area contributed by atoms with Gasteiger partial charge in [0.25, 0.3) is 0 Å². The van der Waals surface area contributed by atoms with E-state index in [4.69, 9.17) is 0 Å². The van der Waals surface area contributed by atoms with Crippen molar-refractivity contribution in [2.45, 2.75) is 13.5 Å². The Morgan fingerprint density at radius 2 is 2.05 bits per heavy atom. The van der Waals surface area contributed by atoms with E-state index in [-0.39, 0.29) is 0 Å². The third-order valence-electron chi connectivity index (χ3n) is 3.03. The van der Waals surface area contributed by atoms with E-state index in [9.17, 15) is 0 Å². The van der Waals surface area contributed by atoms with Crippen molar-refractivity contribution in [3.63, 3.8) is 0 Å². The van der Waals surface area contributed by atoms with E-state index in [2.05, 4.69) is 26.4 Å². The molecule has 0 spiro atoms. The molecule has 20 heavy (non-hydrogen) atoms. The average Bonchev–Trinajstić information content (AvgIpc) is 3.01. The van der Waals surface area contributed by atoms with E-state index >= 15 is 0 Å². The Labute approximate surface area is 117 Å². The summed E-state index contributed by atoms with van der Waals surface area (Å²) < 4.78 is 1.75. The summed E-state index contributed by atoms with van der Waals surface area (Å²) in [6.07, 6.45) is 5.11. The van der Waals surface area contributed by atoms with Crippen LogP contribution in [0, 0.1) is 6.92 Å². The summed E-state index contributed by atoms with van der Waals surface area (Å²) in [7, 11) is 0. The number of rotatable bonds is 4. The van der Waals surface area contributed by atoms with E-state index in [1.807, 2.05) is 43.5 Å². The van der Waals surface area contributed by atoms with Gasteiger partial charge in [-0.2, -0.15) is 5.10 Å². The third-order valence-corrected chi connectivity index (χ3v) is 3.03. The highest BCUT2D eigenvalue weighted by atomic mass is 15.3. The van der Waals surface area contributed by atoms with E-state index < -0.39 is 0 Å². The smallest absolute Gasteiger partial charge is 0.138 e. The summed E-state index contributed by atoms with van der Waals surface area (Å²) in [5, 5.41) is 7.58.